The Bertz CT molecular complexity index is 885. The van der Waals surface area contributed by atoms with Gasteiger partial charge in [-0.15, -0.1) is 0 Å². The van der Waals surface area contributed by atoms with Gasteiger partial charge in [0.1, 0.15) is 5.75 Å². The van der Waals surface area contributed by atoms with Gasteiger partial charge < -0.3 is 14.3 Å². The highest BCUT2D eigenvalue weighted by Gasteiger charge is 2.27. The van der Waals surface area contributed by atoms with Crippen LogP contribution >= 0.6 is 0 Å². The predicted octanol–water partition coefficient (Wildman–Crippen LogP) is 5.94. The van der Waals surface area contributed by atoms with Gasteiger partial charge in [0.05, 0.1) is 12.7 Å². The number of isocyanates is 1. The van der Waals surface area contributed by atoms with E-state index in [-0.39, 0.29) is 12.4 Å². The second-order valence-corrected chi connectivity index (χ2v) is 13.9. The summed E-state index contributed by atoms with van der Waals surface area (Å²) in [5.41, 5.74) is 8.26. The molecular formula is C26H38N2O4Si. The smallest absolute Gasteiger partial charge is 0.224 e. The van der Waals surface area contributed by atoms with Crippen molar-refractivity contribution < 1.29 is 19.1 Å². The molecule has 7 heteroatoms. The summed E-state index contributed by atoms with van der Waals surface area (Å²) in [7, 11) is -1.46. The average molecular weight is 471 g/mol. The Morgan fingerprint density at radius 1 is 1.09 bits per heavy atom. The topological polar surface area (TPSA) is 69.2 Å². The first-order valence-corrected chi connectivity index (χ1v) is 15.0. The van der Waals surface area contributed by atoms with Crippen LogP contribution in [0.15, 0.2) is 47.1 Å². The van der Waals surface area contributed by atoms with Crippen LogP contribution in [0.25, 0.3) is 0 Å². The predicted molar refractivity (Wildman–Crippen MR) is 135 cm³/mol. The van der Waals surface area contributed by atoms with Crippen LogP contribution in [0.5, 0.6) is 5.75 Å². The molecule has 2 unspecified atom stereocenters. The molecule has 6 nitrogen and oxygen atoms in total. The van der Waals surface area contributed by atoms with Crippen molar-refractivity contribution in [3.8, 4) is 5.75 Å². The highest BCUT2D eigenvalue weighted by Crippen LogP contribution is 2.34. The first-order chi connectivity index (χ1) is 15.7. The zero-order chi connectivity index (χ0) is 24.3. The van der Waals surface area contributed by atoms with Crippen molar-refractivity contribution in [2.75, 3.05) is 13.2 Å². The van der Waals surface area contributed by atoms with Gasteiger partial charge in [0.25, 0.3) is 0 Å². The van der Waals surface area contributed by atoms with Crippen LogP contribution in [-0.2, 0) is 14.3 Å². The third kappa shape index (κ3) is 10.0. The molecule has 2 atom stereocenters. The summed E-state index contributed by atoms with van der Waals surface area (Å²) in [5.74, 6) is 0.819. The summed E-state index contributed by atoms with van der Waals surface area (Å²) in [6, 6.07) is 14.2. The Kier molecular flexibility index (Phi) is 11.0. The molecule has 2 aromatic rings. The Morgan fingerprint density at radius 3 is 2.33 bits per heavy atom. The number of ether oxygens (including phenoxy) is 2. The molecule has 0 aliphatic carbocycles. The summed E-state index contributed by atoms with van der Waals surface area (Å²) in [4.78, 5) is 15.0. The quantitative estimate of drug-likeness (QED) is 0.162. The Morgan fingerprint density at radius 2 is 1.76 bits per heavy atom. The van der Waals surface area contributed by atoms with Crippen LogP contribution < -0.4 is 10.3 Å². The fraction of sp³-hybridized carbons (Fsp3) is 0.500. The lowest BCUT2D eigenvalue weighted by Crippen LogP contribution is -2.22. The van der Waals surface area contributed by atoms with Crippen LogP contribution in [0.1, 0.15) is 47.6 Å². The highest BCUT2D eigenvalue weighted by atomic mass is 28.3. The number of aryl methyl sites for hydroxylation is 2. The average Bonchev–Trinajstić information content (AvgIpc) is 3.23. The van der Waals surface area contributed by atoms with Gasteiger partial charge in [-0.2, -0.15) is 5.48 Å². The zero-order valence-corrected chi connectivity index (χ0v) is 21.8. The molecule has 2 aromatic carbocycles. The molecule has 180 valence electrons. The lowest BCUT2D eigenvalue weighted by atomic mass is 9.97. The highest BCUT2D eigenvalue weighted by molar-refractivity contribution is 6.74. The van der Waals surface area contributed by atoms with E-state index < -0.39 is 8.24 Å². The van der Waals surface area contributed by atoms with Crippen LogP contribution in [0.3, 0.4) is 0 Å². The van der Waals surface area contributed by atoms with Crippen LogP contribution in [0.4, 0.5) is 0 Å². The first-order valence-electron chi connectivity index (χ1n) is 11.6. The number of hydrogen-bond acceptors (Lipinski definition) is 6. The number of carbonyl (C=O) groups excluding carboxylic acids is 1. The number of rotatable bonds is 9. The van der Waals surface area contributed by atoms with Crippen LogP contribution in [0, 0.1) is 20.8 Å². The van der Waals surface area contributed by atoms with Crippen LogP contribution in [0.2, 0.25) is 19.6 Å². The van der Waals surface area contributed by atoms with Crippen molar-refractivity contribution in [2.24, 2.45) is 4.66 Å². The maximum Gasteiger partial charge on any atom is 0.224 e. The second kappa shape index (κ2) is 13.4. The summed E-state index contributed by atoms with van der Waals surface area (Å²) in [6.45, 7) is 13.9. The number of benzene rings is 2. The van der Waals surface area contributed by atoms with Gasteiger partial charge >= 0.3 is 0 Å². The molecular weight excluding hydrogens is 432 g/mol. The standard InChI is InChI=1S/C22H29NO3.C4H9NOSi/c1-16-14-19(15-17(2)18(16)3)21-10-11-22(25-21)24-13-7-12-23-26-20-8-5-4-6-9-20;1-7(2,3)5-4-6/h4-6,8-9,14-15,21-23H,7,10-13H2,1-3H3;1-3H3. The molecule has 33 heavy (non-hydrogen) atoms. The minimum Gasteiger partial charge on any atom is -0.409 e. The van der Waals surface area contributed by atoms with E-state index in [1.165, 1.54) is 22.3 Å². The fourth-order valence-electron chi connectivity index (χ4n) is 3.35. The Labute approximate surface area is 199 Å². The minimum atomic E-state index is -1.46. The lowest BCUT2D eigenvalue weighted by Gasteiger charge is -2.17. The third-order valence-electron chi connectivity index (χ3n) is 5.34. The van der Waals surface area contributed by atoms with Gasteiger partial charge in [-0.05, 0) is 87.6 Å². The van der Waals surface area contributed by atoms with Crippen molar-refractivity contribution in [1.82, 2.24) is 5.48 Å². The maximum absolute atomic E-state index is 9.56. The van der Waals surface area contributed by atoms with E-state index in [2.05, 4.69) is 43.0 Å². The Hall–Kier alpha value is -2.28. The largest absolute Gasteiger partial charge is 0.409 e. The molecule has 0 saturated carbocycles. The van der Waals surface area contributed by atoms with Gasteiger partial charge in [-0.25, -0.2) is 9.45 Å². The molecule has 3 rings (SSSR count). The molecule has 0 spiro atoms. The number of nitrogens with one attached hydrogen (secondary N) is 1. The molecule has 0 bridgehead atoms. The summed E-state index contributed by atoms with van der Waals surface area (Å²) in [5, 5.41) is 0. The van der Waals surface area contributed by atoms with E-state index >= 15 is 0 Å². The van der Waals surface area contributed by atoms with E-state index in [4.69, 9.17) is 14.3 Å². The molecule has 0 radical (unpaired) electrons. The van der Waals surface area contributed by atoms with E-state index in [9.17, 15) is 4.79 Å². The number of para-hydroxylation sites is 1. The molecule has 1 saturated heterocycles. The number of nitrogens with zero attached hydrogens (tertiary/aromatic N) is 1. The van der Waals surface area contributed by atoms with Gasteiger partial charge in [0.15, 0.2) is 14.5 Å². The third-order valence-corrected chi connectivity index (χ3v) is 6.11. The normalized spacial score (nSPS) is 17.6. The molecule has 1 heterocycles. The van der Waals surface area contributed by atoms with Gasteiger partial charge in [-0.3, -0.25) is 0 Å². The van der Waals surface area contributed by atoms with Crippen molar-refractivity contribution in [2.45, 2.75) is 72.1 Å². The van der Waals surface area contributed by atoms with E-state index in [0.29, 0.717) is 6.61 Å². The first kappa shape index (κ1) is 27.0. The molecule has 1 N–H and O–H groups in total. The van der Waals surface area contributed by atoms with Crippen molar-refractivity contribution in [3.05, 3.63) is 64.7 Å². The summed E-state index contributed by atoms with van der Waals surface area (Å²) < 4.78 is 15.6. The monoisotopic (exact) mass is 470 g/mol. The molecule has 1 aliphatic rings. The number of hydrogen-bond donors (Lipinski definition) is 1. The van der Waals surface area contributed by atoms with Crippen molar-refractivity contribution in [1.29, 1.82) is 0 Å². The van der Waals surface area contributed by atoms with Crippen molar-refractivity contribution >= 4 is 14.3 Å². The van der Waals surface area contributed by atoms with Crippen LogP contribution in [-0.4, -0.2) is 33.8 Å². The van der Waals surface area contributed by atoms with Gasteiger partial charge in [-0.1, -0.05) is 30.3 Å². The van der Waals surface area contributed by atoms with Gasteiger partial charge in [0.2, 0.25) is 6.08 Å². The van der Waals surface area contributed by atoms with E-state index in [1.807, 2.05) is 50.0 Å². The lowest BCUT2D eigenvalue weighted by molar-refractivity contribution is -0.135. The molecule has 0 amide bonds. The maximum atomic E-state index is 9.56. The summed E-state index contributed by atoms with van der Waals surface area (Å²) >= 11 is 0. The summed E-state index contributed by atoms with van der Waals surface area (Å²) in [6.07, 6.45) is 4.43. The van der Waals surface area contributed by atoms with E-state index in [1.54, 1.807) is 6.08 Å². The molecule has 0 aromatic heterocycles. The molecule has 1 fully saturated rings. The fourth-order valence-corrected chi connectivity index (χ4v) is 3.62. The minimum absolute atomic E-state index is 0.100. The molecule has 1 aliphatic heterocycles. The second-order valence-electron chi connectivity index (χ2n) is 9.32. The van der Waals surface area contributed by atoms with Gasteiger partial charge in [0, 0.05) is 13.0 Å². The Balaban J connectivity index is 0.000000479. The van der Waals surface area contributed by atoms with E-state index in [0.717, 1.165) is 31.6 Å². The zero-order valence-electron chi connectivity index (χ0n) is 20.8. The van der Waals surface area contributed by atoms with Crippen molar-refractivity contribution in [3.63, 3.8) is 0 Å². The SMILES string of the molecule is C[Si](C)(C)N=C=O.Cc1cc(C2CCC(OCCCNOc3ccccc3)O2)cc(C)c1C. The number of hydroxylamine groups is 1.